The molecule has 10 unspecified atom stereocenters. The topological polar surface area (TPSA) is 322 Å². The third-order valence-corrected chi connectivity index (χ3v) is 11.7. The molecular formula is C36H42N11O13P2+. The number of aromatic amines is 1. The van der Waals surface area contributed by atoms with E-state index in [1.807, 2.05) is 6.07 Å². The first-order valence-corrected chi connectivity index (χ1v) is 21.4. The van der Waals surface area contributed by atoms with E-state index in [-0.39, 0.29) is 53.7 Å². The summed E-state index contributed by atoms with van der Waals surface area (Å²) in [6.07, 6.45) is -2.51. The number of hydrogen-bond acceptors (Lipinski definition) is 18. The second-order valence-electron chi connectivity index (χ2n) is 14.4. The maximum Gasteiger partial charge on any atom is 0.695 e. The van der Waals surface area contributed by atoms with E-state index in [9.17, 15) is 39.3 Å². The fraction of sp³-hybridized carbons (Fsp3) is 0.472. The molecule has 5 aromatic rings. The molecule has 0 aliphatic carbocycles. The van der Waals surface area contributed by atoms with Gasteiger partial charge >= 0.3 is 16.9 Å². The van der Waals surface area contributed by atoms with Gasteiger partial charge in [0.15, 0.2) is 40.5 Å². The molecule has 6 heterocycles. The summed E-state index contributed by atoms with van der Waals surface area (Å²) in [5.41, 5.74) is 0.136. The van der Waals surface area contributed by atoms with Gasteiger partial charge in [0.1, 0.15) is 24.8 Å². The van der Waals surface area contributed by atoms with Gasteiger partial charge in [-0.2, -0.15) is 10.2 Å². The summed E-state index contributed by atoms with van der Waals surface area (Å²) in [5, 5.41) is 35.4. The van der Waals surface area contributed by atoms with Crippen LogP contribution in [-0.4, -0.2) is 117 Å². The highest BCUT2D eigenvalue weighted by atomic mass is 31.2. The highest BCUT2D eigenvalue weighted by molar-refractivity contribution is 7.41. The predicted molar refractivity (Wildman–Crippen MR) is 215 cm³/mol. The second-order valence-corrected chi connectivity index (χ2v) is 16.3. The predicted octanol–water partition coefficient (Wildman–Crippen LogP) is 2.43. The van der Waals surface area contributed by atoms with Gasteiger partial charge in [-0.15, -0.1) is 9.42 Å². The Kier molecular flexibility index (Phi) is 14.3. The van der Waals surface area contributed by atoms with E-state index in [0.717, 1.165) is 0 Å². The van der Waals surface area contributed by atoms with Crippen LogP contribution in [0.1, 0.15) is 50.0 Å². The van der Waals surface area contributed by atoms with Gasteiger partial charge in [-0.1, -0.05) is 39.0 Å². The number of benzene rings is 1. The van der Waals surface area contributed by atoms with Crippen molar-refractivity contribution in [2.75, 3.05) is 37.1 Å². The van der Waals surface area contributed by atoms with Crippen LogP contribution < -0.4 is 16.2 Å². The zero-order valence-corrected chi connectivity index (χ0v) is 35.0. The van der Waals surface area contributed by atoms with Crippen LogP contribution in [0.4, 0.5) is 11.8 Å². The van der Waals surface area contributed by atoms with E-state index < -0.39 is 102 Å². The molecule has 10 atom stereocenters. The molecule has 2 amide bonds. The van der Waals surface area contributed by atoms with Crippen LogP contribution in [0, 0.1) is 29.1 Å². The molecule has 0 radical (unpaired) electrons. The first-order chi connectivity index (χ1) is 29.9. The SMILES string of the molecule is CC(C)C(=O)Nc1nc2c(ncn2C2OC(CO)C(CO)C2OP(OCCC#N)OCC2OC(n3cnc4c(NC(=O)c5ccccc5)ncnc43)C(C)C2O[P+](=O)O)c(=O)[nH]1. The number of hydrogen-bond donors (Lipinski definition) is 6. The monoisotopic (exact) mass is 898 g/mol. The molecule has 2 fully saturated rings. The highest BCUT2D eigenvalue weighted by Crippen LogP contribution is 2.50. The molecule has 2 aliphatic rings. The maximum absolute atomic E-state index is 13.0. The minimum atomic E-state index is -3.14. The molecule has 6 N–H and O–H groups in total. The number of imidazole rings is 2. The van der Waals surface area contributed by atoms with Crippen molar-refractivity contribution in [3.05, 3.63) is 65.2 Å². The van der Waals surface area contributed by atoms with Gasteiger partial charge in [-0.25, -0.2) is 19.9 Å². The third-order valence-electron chi connectivity index (χ3n) is 10.1. The van der Waals surface area contributed by atoms with Crippen LogP contribution in [0.15, 0.2) is 54.1 Å². The quantitative estimate of drug-likeness (QED) is 0.0543. The Morgan fingerprint density at radius 2 is 1.71 bits per heavy atom. The molecule has 2 saturated heterocycles. The number of nitrogens with one attached hydrogen (secondary N) is 3. The van der Waals surface area contributed by atoms with Crippen molar-refractivity contribution in [1.82, 2.24) is 39.0 Å². The minimum Gasteiger partial charge on any atom is -0.396 e. The summed E-state index contributed by atoms with van der Waals surface area (Å²) in [6, 6.07) is 10.5. The van der Waals surface area contributed by atoms with Crippen molar-refractivity contribution >= 4 is 62.8 Å². The van der Waals surface area contributed by atoms with Crippen molar-refractivity contribution in [3.8, 4) is 6.07 Å². The molecule has 24 nitrogen and oxygen atoms in total. The Balaban J connectivity index is 1.14. The minimum absolute atomic E-state index is 0.0159. The number of ether oxygens (including phenoxy) is 2. The first-order valence-electron chi connectivity index (χ1n) is 19.2. The van der Waals surface area contributed by atoms with Gasteiger partial charge < -0.3 is 38.6 Å². The lowest BCUT2D eigenvalue weighted by Crippen LogP contribution is -2.33. The van der Waals surface area contributed by atoms with Crippen LogP contribution in [0.2, 0.25) is 0 Å². The molecule has 0 saturated carbocycles. The average molecular weight is 899 g/mol. The van der Waals surface area contributed by atoms with Crippen molar-refractivity contribution in [3.63, 3.8) is 0 Å². The van der Waals surface area contributed by atoms with E-state index in [2.05, 4.69) is 40.5 Å². The number of carbonyl (C=O) groups is 2. The summed E-state index contributed by atoms with van der Waals surface area (Å²) in [4.78, 5) is 72.3. The molecule has 7 rings (SSSR count). The molecule has 328 valence electrons. The van der Waals surface area contributed by atoms with E-state index in [1.165, 1.54) is 23.5 Å². The zero-order chi connectivity index (χ0) is 44.1. The smallest absolute Gasteiger partial charge is 0.396 e. The summed E-state index contributed by atoms with van der Waals surface area (Å²) < 4.78 is 51.5. The van der Waals surface area contributed by atoms with E-state index in [1.54, 1.807) is 55.7 Å². The number of aromatic nitrogens is 8. The number of rotatable bonds is 18. The van der Waals surface area contributed by atoms with E-state index >= 15 is 0 Å². The van der Waals surface area contributed by atoms with E-state index in [0.29, 0.717) is 5.56 Å². The molecule has 0 bridgehead atoms. The number of amides is 2. The normalized spacial score (nSPS) is 24.4. The number of nitriles is 1. The zero-order valence-electron chi connectivity index (χ0n) is 33.2. The lowest BCUT2D eigenvalue weighted by atomic mass is 9.99. The summed E-state index contributed by atoms with van der Waals surface area (Å²) in [5.74, 6) is -2.81. The van der Waals surface area contributed by atoms with Crippen LogP contribution in [0.3, 0.4) is 0 Å². The fourth-order valence-electron chi connectivity index (χ4n) is 6.97. The lowest BCUT2D eigenvalue weighted by Gasteiger charge is -2.27. The van der Waals surface area contributed by atoms with Crippen LogP contribution >= 0.6 is 16.9 Å². The number of H-pyrrole nitrogens is 1. The molecule has 62 heavy (non-hydrogen) atoms. The van der Waals surface area contributed by atoms with Gasteiger partial charge in [0, 0.05) is 27.9 Å². The van der Waals surface area contributed by atoms with Crippen LogP contribution in [0.5, 0.6) is 0 Å². The van der Waals surface area contributed by atoms with Crippen molar-refractivity contribution in [2.45, 2.75) is 64.1 Å². The second kappa shape index (κ2) is 19.8. The Labute approximate surface area is 353 Å². The largest absolute Gasteiger partial charge is 0.695 e. The standard InChI is InChI=1S/C36H41N11O13P2/c1-18(2)31(50)44-36-43-30-25(33(52)45-36)41-17-47(30)35-27(21(12-48)22(13-49)57-35)60-62(55-11-7-10-37)56-14-23-26(59-61(53)54)19(3)34(58-23)46-16-40-24-28(38-15-39-29(24)46)42-32(51)20-8-5-4-6-9-20/h4-6,8-9,15-19,21-23,26-27,34-35,48-49H,7,11-14H2,1-3H3,(H3-,38,39,42,43,44,45,50,51,52,53,54)/p+1. The Morgan fingerprint density at radius 3 is 2.40 bits per heavy atom. The Morgan fingerprint density at radius 1 is 0.984 bits per heavy atom. The van der Waals surface area contributed by atoms with Gasteiger partial charge in [-0.05, 0) is 12.1 Å². The molecule has 26 heteroatoms. The van der Waals surface area contributed by atoms with E-state index in [4.69, 9.17) is 27.6 Å². The Bertz CT molecular complexity index is 2500. The number of aliphatic hydroxyl groups excluding tert-OH is 2. The number of fused-ring (bicyclic) bond motifs is 2. The fourth-order valence-corrected chi connectivity index (χ4v) is 8.67. The third kappa shape index (κ3) is 9.53. The van der Waals surface area contributed by atoms with Crippen molar-refractivity contribution < 1.29 is 56.8 Å². The van der Waals surface area contributed by atoms with Crippen LogP contribution in [0.25, 0.3) is 22.3 Å². The molecule has 2 aliphatic heterocycles. The molecule has 1 aromatic carbocycles. The summed E-state index contributed by atoms with van der Waals surface area (Å²) in [7, 11) is -5.60. The van der Waals surface area contributed by atoms with Gasteiger partial charge in [0.25, 0.3) is 11.5 Å². The lowest BCUT2D eigenvalue weighted by molar-refractivity contribution is -0.118. The van der Waals surface area contributed by atoms with Crippen molar-refractivity contribution in [2.24, 2.45) is 17.8 Å². The van der Waals surface area contributed by atoms with Crippen molar-refractivity contribution in [1.29, 1.82) is 5.26 Å². The number of carbonyl (C=O) groups excluding carboxylic acids is 2. The van der Waals surface area contributed by atoms with Gasteiger partial charge in [0.2, 0.25) is 11.9 Å². The Hall–Kier alpha value is -5.28. The number of nitrogens with zero attached hydrogens (tertiary/aromatic N) is 8. The summed E-state index contributed by atoms with van der Waals surface area (Å²) >= 11 is 0. The molecule has 0 spiro atoms. The molecular weight excluding hydrogens is 856 g/mol. The number of anilines is 2. The number of aliphatic hydroxyl groups is 2. The molecule has 4 aromatic heterocycles. The van der Waals surface area contributed by atoms with Crippen LogP contribution in [-0.2, 0) is 36.9 Å². The first kappa shape index (κ1) is 44.8. The van der Waals surface area contributed by atoms with Gasteiger partial charge in [-0.3, -0.25) is 33.8 Å². The highest BCUT2D eigenvalue weighted by Gasteiger charge is 2.51. The maximum atomic E-state index is 13.0. The van der Waals surface area contributed by atoms with Gasteiger partial charge in [0.05, 0.1) is 57.7 Å². The average Bonchev–Trinajstić information content (AvgIpc) is 4.04. The summed E-state index contributed by atoms with van der Waals surface area (Å²) in [6.45, 7) is 3.43.